The number of halogens is 1. The minimum atomic E-state index is -0.371. The van der Waals surface area contributed by atoms with Gasteiger partial charge in [-0.25, -0.2) is 0 Å². The molecule has 1 aromatic rings. The van der Waals surface area contributed by atoms with Gasteiger partial charge in [0.1, 0.15) is 5.69 Å². The zero-order valence-electron chi connectivity index (χ0n) is 10.4. The lowest BCUT2D eigenvalue weighted by atomic mass is 9.87. The molecule has 5 heteroatoms. The zero-order chi connectivity index (χ0) is 13.1. The van der Waals surface area contributed by atoms with Crippen molar-refractivity contribution in [2.75, 3.05) is 5.32 Å². The summed E-state index contributed by atoms with van der Waals surface area (Å²) in [6, 6.07) is 4.96. The molecule has 0 bridgehead atoms. The number of hydrogen-bond acceptors (Lipinski definition) is 3. The minimum absolute atomic E-state index is 0.0954. The maximum atomic E-state index is 10.9. The summed E-state index contributed by atoms with van der Waals surface area (Å²) >= 11 is 5.90. The second-order valence-electron chi connectivity index (χ2n) is 5.02. The van der Waals surface area contributed by atoms with Crippen molar-refractivity contribution in [2.24, 2.45) is 5.92 Å². The summed E-state index contributed by atoms with van der Waals surface area (Å²) in [6.07, 6.45) is 4.47. The van der Waals surface area contributed by atoms with E-state index in [2.05, 4.69) is 12.2 Å². The summed E-state index contributed by atoms with van der Waals surface area (Å²) in [7, 11) is 0. The van der Waals surface area contributed by atoms with Gasteiger partial charge in [-0.2, -0.15) is 0 Å². The molecule has 1 N–H and O–H groups in total. The molecule has 18 heavy (non-hydrogen) atoms. The number of nitrogens with zero attached hydrogens (tertiary/aromatic N) is 1. The first-order chi connectivity index (χ1) is 8.56. The lowest BCUT2D eigenvalue weighted by Crippen LogP contribution is -2.25. The molecule has 0 radical (unpaired) electrons. The van der Waals surface area contributed by atoms with E-state index in [1.54, 1.807) is 12.1 Å². The average molecular weight is 269 g/mol. The molecule has 1 fully saturated rings. The summed E-state index contributed by atoms with van der Waals surface area (Å²) in [5.41, 5.74) is 0.630. The summed E-state index contributed by atoms with van der Waals surface area (Å²) < 4.78 is 0. The molecule has 98 valence electrons. The van der Waals surface area contributed by atoms with Crippen LogP contribution in [0, 0.1) is 16.0 Å². The van der Waals surface area contributed by atoms with Gasteiger partial charge in [-0.1, -0.05) is 18.5 Å². The smallest absolute Gasteiger partial charge is 0.292 e. The quantitative estimate of drug-likeness (QED) is 0.659. The molecule has 2 rings (SSSR count). The Labute approximate surface area is 111 Å². The van der Waals surface area contributed by atoms with Gasteiger partial charge in [0.2, 0.25) is 0 Å². The number of benzene rings is 1. The monoisotopic (exact) mass is 268 g/mol. The second-order valence-corrected chi connectivity index (χ2v) is 5.46. The summed E-state index contributed by atoms with van der Waals surface area (Å²) in [5.74, 6) is 0.761. The third kappa shape index (κ3) is 3.13. The van der Waals surface area contributed by atoms with Crippen LogP contribution in [0.5, 0.6) is 0 Å². The molecule has 0 aliphatic heterocycles. The third-order valence-electron chi connectivity index (χ3n) is 3.53. The number of nitro groups is 1. The van der Waals surface area contributed by atoms with E-state index < -0.39 is 0 Å². The van der Waals surface area contributed by atoms with Gasteiger partial charge in [-0.05, 0) is 43.7 Å². The number of rotatable bonds is 3. The predicted molar refractivity (Wildman–Crippen MR) is 73.1 cm³/mol. The van der Waals surface area contributed by atoms with Gasteiger partial charge in [0.25, 0.3) is 5.69 Å². The van der Waals surface area contributed by atoms with Crippen LogP contribution in [-0.4, -0.2) is 11.0 Å². The highest BCUT2D eigenvalue weighted by Gasteiger charge is 2.21. The standard InChI is InChI=1S/C13H17ClN2O2/c1-9-2-5-11(6-3-9)15-12-8-10(14)4-7-13(12)16(17)18/h4,7-9,11,15H,2-3,5-6H2,1H3. The lowest BCUT2D eigenvalue weighted by Gasteiger charge is -2.27. The topological polar surface area (TPSA) is 55.2 Å². The molecule has 0 unspecified atom stereocenters. The van der Waals surface area contributed by atoms with E-state index in [9.17, 15) is 10.1 Å². The molecule has 0 heterocycles. The van der Waals surface area contributed by atoms with Crippen molar-refractivity contribution < 1.29 is 4.92 Å². The van der Waals surface area contributed by atoms with Gasteiger partial charge in [-0.15, -0.1) is 0 Å². The van der Waals surface area contributed by atoms with Crippen LogP contribution in [0.2, 0.25) is 5.02 Å². The lowest BCUT2D eigenvalue weighted by molar-refractivity contribution is -0.384. The van der Waals surface area contributed by atoms with Crippen molar-refractivity contribution in [1.29, 1.82) is 0 Å². The molecular weight excluding hydrogens is 252 g/mol. The maximum absolute atomic E-state index is 10.9. The van der Waals surface area contributed by atoms with E-state index in [1.165, 1.54) is 18.9 Å². The molecule has 1 aromatic carbocycles. The molecule has 0 atom stereocenters. The van der Waals surface area contributed by atoms with Crippen LogP contribution < -0.4 is 5.32 Å². The Morgan fingerprint density at radius 2 is 2.00 bits per heavy atom. The van der Waals surface area contributed by atoms with Gasteiger partial charge in [0, 0.05) is 17.1 Å². The Morgan fingerprint density at radius 1 is 1.33 bits per heavy atom. The maximum Gasteiger partial charge on any atom is 0.292 e. The fourth-order valence-electron chi connectivity index (χ4n) is 2.41. The molecule has 1 aliphatic rings. The van der Waals surface area contributed by atoms with Gasteiger partial charge in [-0.3, -0.25) is 10.1 Å². The van der Waals surface area contributed by atoms with Crippen LogP contribution in [0.1, 0.15) is 32.6 Å². The average Bonchev–Trinajstić information content (AvgIpc) is 2.32. The van der Waals surface area contributed by atoms with Crippen LogP contribution in [0.3, 0.4) is 0 Å². The van der Waals surface area contributed by atoms with Crippen molar-refractivity contribution >= 4 is 23.0 Å². The van der Waals surface area contributed by atoms with Gasteiger partial charge < -0.3 is 5.32 Å². The molecule has 0 spiro atoms. The SMILES string of the molecule is CC1CCC(Nc2cc(Cl)ccc2[N+](=O)[O-])CC1. The van der Waals surface area contributed by atoms with Crippen LogP contribution in [0.15, 0.2) is 18.2 Å². The Kier molecular flexibility index (Phi) is 4.07. The first kappa shape index (κ1) is 13.1. The molecule has 4 nitrogen and oxygen atoms in total. The second kappa shape index (κ2) is 5.57. The molecule has 1 saturated carbocycles. The van der Waals surface area contributed by atoms with E-state index >= 15 is 0 Å². The van der Waals surface area contributed by atoms with Gasteiger partial charge in [0.15, 0.2) is 0 Å². The molecule has 1 aliphatic carbocycles. The van der Waals surface area contributed by atoms with Crippen LogP contribution in [0.25, 0.3) is 0 Å². The van der Waals surface area contributed by atoms with Crippen LogP contribution in [0.4, 0.5) is 11.4 Å². The van der Waals surface area contributed by atoms with Gasteiger partial charge >= 0.3 is 0 Å². The number of nitrogens with one attached hydrogen (secondary N) is 1. The van der Waals surface area contributed by atoms with Crippen molar-refractivity contribution in [2.45, 2.75) is 38.6 Å². The fraction of sp³-hybridized carbons (Fsp3) is 0.538. The Morgan fingerprint density at radius 3 is 2.61 bits per heavy atom. The normalized spacial score (nSPS) is 23.7. The molecular formula is C13H17ClN2O2. The van der Waals surface area contributed by atoms with E-state index in [0.717, 1.165) is 18.8 Å². The fourth-order valence-corrected chi connectivity index (χ4v) is 2.58. The van der Waals surface area contributed by atoms with E-state index in [4.69, 9.17) is 11.6 Å². The van der Waals surface area contributed by atoms with Crippen molar-refractivity contribution in [3.05, 3.63) is 33.3 Å². The van der Waals surface area contributed by atoms with Crippen LogP contribution in [-0.2, 0) is 0 Å². The minimum Gasteiger partial charge on any atom is -0.377 e. The number of nitro benzene ring substituents is 1. The number of anilines is 1. The van der Waals surface area contributed by atoms with Gasteiger partial charge in [0.05, 0.1) is 4.92 Å². The largest absolute Gasteiger partial charge is 0.377 e. The summed E-state index contributed by atoms with van der Waals surface area (Å²) in [5, 5.41) is 14.7. The van der Waals surface area contributed by atoms with Crippen LogP contribution >= 0.6 is 11.6 Å². The molecule has 0 saturated heterocycles. The highest BCUT2D eigenvalue weighted by atomic mass is 35.5. The zero-order valence-corrected chi connectivity index (χ0v) is 11.1. The highest BCUT2D eigenvalue weighted by molar-refractivity contribution is 6.31. The Balaban J connectivity index is 2.12. The first-order valence-electron chi connectivity index (χ1n) is 6.26. The molecule has 0 amide bonds. The van der Waals surface area contributed by atoms with E-state index in [1.807, 2.05) is 0 Å². The third-order valence-corrected chi connectivity index (χ3v) is 3.77. The summed E-state index contributed by atoms with van der Waals surface area (Å²) in [4.78, 5) is 10.6. The van der Waals surface area contributed by atoms with Crippen molar-refractivity contribution in [1.82, 2.24) is 0 Å². The molecule has 0 aromatic heterocycles. The Bertz CT molecular complexity index is 443. The van der Waals surface area contributed by atoms with E-state index in [-0.39, 0.29) is 10.6 Å². The van der Waals surface area contributed by atoms with Crippen molar-refractivity contribution in [3.8, 4) is 0 Å². The predicted octanol–water partition coefficient (Wildman–Crippen LogP) is 4.24. The van der Waals surface area contributed by atoms with E-state index in [0.29, 0.717) is 16.8 Å². The Hall–Kier alpha value is -1.29. The number of hydrogen-bond donors (Lipinski definition) is 1. The summed E-state index contributed by atoms with van der Waals surface area (Å²) in [6.45, 7) is 2.25. The van der Waals surface area contributed by atoms with Crippen molar-refractivity contribution in [3.63, 3.8) is 0 Å². The first-order valence-corrected chi connectivity index (χ1v) is 6.64. The highest BCUT2D eigenvalue weighted by Crippen LogP contribution is 2.31.